The van der Waals surface area contributed by atoms with Gasteiger partial charge in [0.25, 0.3) is 11.8 Å². The Morgan fingerprint density at radius 2 is 1.76 bits per heavy atom. The molecular formula is C26H36FN5O4S. The molecule has 11 heteroatoms. The van der Waals surface area contributed by atoms with Gasteiger partial charge in [-0.2, -0.15) is 16.9 Å². The van der Waals surface area contributed by atoms with Crippen LogP contribution in [-0.4, -0.2) is 68.0 Å². The number of aliphatic hydroxyl groups excluding tert-OH is 1. The van der Waals surface area contributed by atoms with Gasteiger partial charge in [0.05, 0.1) is 19.3 Å². The predicted octanol–water partition coefficient (Wildman–Crippen LogP) is 3.28. The molecule has 1 saturated carbocycles. The molecule has 1 aliphatic carbocycles. The second-order valence-electron chi connectivity index (χ2n) is 9.99. The van der Waals surface area contributed by atoms with Crippen LogP contribution in [0.3, 0.4) is 0 Å². The van der Waals surface area contributed by atoms with Crippen molar-refractivity contribution in [3.63, 3.8) is 0 Å². The van der Waals surface area contributed by atoms with Gasteiger partial charge in [-0.05, 0) is 68.1 Å². The average Bonchev–Trinajstić information content (AvgIpc) is 3.32. The lowest BCUT2D eigenvalue weighted by molar-refractivity contribution is 0.0883. The number of amides is 2. The van der Waals surface area contributed by atoms with E-state index in [1.807, 2.05) is 25.6 Å². The van der Waals surface area contributed by atoms with Crippen LogP contribution in [0.2, 0.25) is 0 Å². The molecule has 0 unspecified atom stereocenters. The largest absolute Gasteiger partial charge is 0.474 e. The minimum Gasteiger partial charge on any atom is -0.474 e. The van der Waals surface area contributed by atoms with E-state index in [1.165, 1.54) is 6.07 Å². The number of ether oxygens (including phenoxy) is 1. The van der Waals surface area contributed by atoms with E-state index in [0.29, 0.717) is 37.9 Å². The predicted molar refractivity (Wildman–Crippen MR) is 140 cm³/mol. The lowest BCUT2D eigenvalue weighted by atomic mass is 9.91. The number of aromatic nitrogens is 3. The number of aliphatic hydroxyl groups is 1. The molecule has 2 fully saturated rings. The summed E-state index contributed by atoms with van der Waals surface area (Å²) in [7, 11) is 0. The quantitative estimate of drug-likeness (QED) is 0.453. The van der Waals surface area contributed by atoms with Gasteiger partial charge in [-0.25, -0.2) is 9.37 Å². The molecule has 3 heterocycles. The third-order valence-electron chi connectivity index (χ3n) is 6.85. The number of nitrogens with zero attached hydrogens (tertiary/aromatic N) is 3. The summed E-state index contributed by atoms with van der Waals surface area (Å²) >= 11 is 1.87. The van der Waals surface area contributed by atoms with Crippen molar-refractivity contribution in [1.82, 2.24) is 25.4 Å². The van der Waals surface area contributed by atoms with Crippen molar-refractivity contribution < 1.29 is 23.8 Å². The minimum absolute atomic E-state index is 0.0172. The van der Waals surface area contributed by atoms with E-state index < -0.39 is 11.7 Å². The number of pyridine rings is 1. The topological polar surface area (TPSA) is 118 Å². The first-order valence-electron chi connectivity index (χ1n) is 13.0. The Morgan fingerprint density at radius 3 is 2.38 bits per heavy atom. The zero-order chi connectivity index (χ0) is 26.4. The van der Waals surface area contributed by atoms with E-state index in [-0.39, 0.29) is 48.1 Å². The normalized spacial score (nSPS) is 20.6. The number of thioether (sulfide) groups is 1. The average molecular weight is 534 g/mol. The molecule has 2 amide bonds. The Balaban J connectivity index is 1.30. The van der Waals surface area contributed by atoms with Crippen molar-refractivity contribution in [2.45, 2.75) is 83.0 Å². The summed E-state index contributed by atoms with van der Waals surface area (Å²) in [6.07, 6.45) is 5.59. The highest BCUT2D eigenvalue weighted by molar-refractivity contribution is 7.99. The Bertz CT molecular complexity index is 1080. The molecule has 2 aromatic heterocycles. The maximum atomic E-state index is 13.9. The van der Waals surface area contributed by atoms with Gasteiger partial charge in [-0.1, -0.05) is 13.8 Å². The molecule has 1 aliphatic heterocycles. The first-order chi connectivity index (χ1) is 17.8. The summed E-state index contributed by atoms with van der Waals surface area (Å²) < 4.78 is 21.6. The van der Waals surface area contributed by atoms with Gasteiger partial charge >= 0.3 is 0 Å². The van der Waals surface area contributed by atoms with Crippen molar-refractivity contribution in [1.29, 1.82) is 0 Å². The summed E-state index contributed by atoms with van der Waals surface area (Å²) in [5.41, 5.74) is 1.37. The van der Waals surface area contributed by atoms with E-state index in [9.17, 15) is 19.1 Å². The molecule has 202 valence electrons. The number of rotatable bonds is 9. The van der Waals surface area contributed by atoms with E-state index in [2.05, 4.69) is 20.7 Å². The van der Waals surface area contributed by atoms with Gasteiger partial charge < -0.3 is 20.5 Å². The minimum atomic E-state index is -0.579. The van der Waals surface area contributed by atoms with Gasteiger partial charge in [0.1, 0.15) is 23.2 Å². The number of hydrogen-bond acceptors (Lipinski definition) is 7. The van der Waals surface area contributed by atoms with Crippen LogP contribution in [0.4, 0.5) is 4.39 Å². The van der Waals surface area contributed by atoms with Crippen LogP contribution in [0.5, 0.6) is 5.88 Å². The van der Waals surface area contributed by atoms with Crippen molar-refractivity contribution >= 4 is 23.6 Å². The standard InChI is InChI=1S/C26H36FN5O4S/c1-16(2)23-14-22(31-32(23)9-10-33)25(35)30-19-5-3-18(4-6-19)29-24(34)21-13-17(27)15-28-26(21)36-20-7-11-37-12-8-20/h13-16,18-20,33H,3-12H2,1-2H3,(H,29,34)(H,30,35). The Hall–Kier alpha value is -2.66. The van der Waals surface area contributed by atoms with Crippen molar-refractivity contribution in [2.75, 3.05) is 18.1 Å². The first kappa shape index (κ1) is 27.4. The van der Waals surface area contributed by atoms with Gasteiger partial charge in [-0.3, -0.25) is 14.3 Å². The SMILES string of the molecule is CC(C)c1cc(C(=O)NC2CCC(NC(=O)c3cc(F)cnc3OC3CCSCC3)CC2)nn1CCO. The number of carbonyl (C=O) groups excluding carboxylic acids is 2. The number of nitrogens with one attached hydrogen (secondary N) is 2. The van der Waals surface area contributed by atoms with Gasteiger partial charge in [-0.15, -0.1) is 0 Å². The smallest absolute Gasteiger partial charge is 0.272 e. The van der Waals surface area contributed by atoms with Crippen LogP contribution in [0.25, 0.3) is 0 Å². The lowest BCUT2D eigenvalue weighted by Crippen LogP contribution is -2.44. The molecule has 1 saturated heterocycles. The number of hydrogen-bond donors (Lipinski definition) is 3. The van der Waals surface area contributed by atoms with Crippen LogP contribution in [0, 0.1) is 5.82 Å². The monoisotopic (exact) mass is 533 g/mol. The maximum Gasteiger partial charge on any atom is 0.272 e. The molecule has 0 radical (unpaired) electrons. The Kier molecular flexibility index (Phi) is 9.42. The second kappa shape index (κ2) is 12.7. The Morgan fingerprint density at radius 1 is 1.11 bits per heavy atom. The van der Waals surface area contributed by atoms with Crippen LogP contribution >= 0.6 is 11.8 Å². The lowest BCUT2D eigenvalue weighted by Gasteiger charge is -2.29. The summed E-state index contributed by atoms with van der Waals surface area (Å²) in [5, 5.41) is 19.7. The first-order valence-corrected chi connectivity index (χ1v) is 14.2. The zero-order valence-corrected chi connectivity index (χ0v) is 22.2. The highest BCUT2D eigenvalue weighted by atomic mass is 32.2. The summed E-state index contributed by atoms with van der Waals surface area (Å²) in [6.45, 7) is 4.34. The van der Waals surface area contributed by atoms with Gasteiger partial charge in [0, 0.05) is 17.8 Å². The van der Waals surface area contributed by atoms with Crippen LogP contribution < -0.4 is 15.4 Å². The van der Waals surface area contributed by atoms with E-state index in [1.54, 1.807) is 10.7 Å². The molecule has 0 atom stereocenters. The summed E-state index contributed by atoms with van der Waals surface area (Å²) in [5.74, 6) is 1.15. The fraction of sp³-hybridized carbons (Fsp3) is 0.615. The molecule has 9 nitrogen and oxygen atoms in total. The molecule has 0 bridgehead atoms. The van der Waals surface area contributed by atoms with Crippen LogP contribution in [0.15, 0.2) is 18.3 Å². The fourth-order valence-electron chi connectivity index (χ4n) is 4.82. The van der Waals surface area contributed by atoms with E-state index in [4.69, 9.17) is 4.74 Å². The van der Waals surface area contributed by atoms with Gasteiger partial charge in [0.2, 0.25) is 5.88 Å². The third kappa shape index (κ3) is 7.22. The molecule has 0 spiro atoms. The molecule has 4 rings (SSSR count). The van der Waals surface area contributed by atoms with Crippen molar-refractivity contribution in [2.24, 2.45) is 0 Å². The highest BCUT2D eigenvalue weighted by Gasteiger charge is 2.27. The second-order valence-corrected chi connectivity index (χ2v) is 11.2. The molecule has 2 aliphatic rings. The van der Waals surface area contributed by atoms with Crippen LogP contribution in [0.1, 0.15) is 84.8 Å². The Labute approximate surface area is 220 Å². The van der Waals surface area contributed by atoms with E-state index in [0.717, 1.165) is 36.2 Å². The molecule has 0 aromatic carbocycles. The van der Waals surface area contributed by atoms with E-state index >= 15 is 0 Å². The third-order valence-corrected chi connectivity index (χ3v) is 7.90. The molecule has 2 aromatic rings. The van der Waals surface area contributed by atoms with Gasteiger partial charge in [0.15, 0.2) is 0 Å². The van der Waals surface area contributed by atoms with Crippen molar-refractivity contribution in [3.8, 4) is 5.88 Å². The highest BCUT2D eigenvalue weighted by Crippen LogP contribution is 2.26. The molecule has 37 heavy (non-hydrogen) atoms. The van der Waals surface area contributed by atoms with Crippen LogP contribution in [-0.2, 0) is 6.54 Å². The number of halogens is 1. The summed E-state index contributed by atoms with van der Waals surface area (Å²) in [4.78, 5) is 29.9. The van der Waals surface area contributed by atoms with Crippen molar-refractivity contribution in [3.05, 3.63) is 41.1 Å². The number of carbonyl (C=O) groups is 2. The maximum absolute atomic E-state index is 13.9. The fourth-order valence-corrected chi connectivity index (χ4v) is 5.88. The molecule has 3 N–H and O–H groups in total. The zero-order valence-electron chi connectivity index (χ0n) is 21.4. The molecular weight excluding hydrogens is 497 g/mol. The summed E-state index contributed by atoms with van der Waals surface area (Å²) in [6, 6.07) is 2.85.